The maximum absolute atomic E-state index is 2.54. The summed E-state index contributed by atoms with van der Waals surface area (Å²) < 4.78 is 0. The molecule has 5 aromatic rings. The molecule has 0 aliphatic rings. The van der Waals surface area contributed by atoms with Gasteiger partial charge in [0.25, 0.3) is 0 Å². The second-order valence-electron chi connectivity index (χ2n) is 8.89. The van der Waals surface area contributed by atoms with Gasteiger partial charge in [-0.3, -0.25) is 0 Å². The van der Waals surface area contributed by atoms with Crippen LogP contribution in [0.2, 0.25) is 0 Å². The molecule has 0 heteroatoms. The highest BCUT2D eigenvalue weighted by molar-refractivity contribution is 6.33. The summed E-state index contributed by atoms with van der Waals surface area (Å²) in [5.41, 5.74) is 3.24. The van der Waals surface area contributed by atoms with Gasteiger partial charge in [0, 0.05) is 0 Å². The first-order valence-corrected chi connectivity index (χ1v) is 11.8. The van der Waals surface area contributed by atoms with Gasteiger partial charge in [-0.1, -0.05) is 88.4 Å². The highest BCUT2D eigenvalue weighted by atomic mass is 14.3. The zero-order valence-electron chi connectivity index (χ0n) is 18.8. The van der Waals surface area contributed by atoms with Gasteiger partial charge in [-0.05, 0) is 91.7 Å². The van der Waals surface area contributed by atoms with Crippen molar-refractivity contribution in [2.24, 2.45) is 0 Å². The fraction of sp³-hybridized carbons (Fsp3) is 0.333. The Morgan fingerprint density at radius 1 is 0.533 bits per heavy atom. The number of benzene rings is 5. The van der Waals surface area contributed by atoms with Gasteiger partial charge in [0.2, 0.25) is 0 Å². The Morgan fingerprint density at radius 2 is 1.07 bits per heavy atom. The van der Waals surface area contributed by atoms with E-state index in [9.17, 15) is 0 Å². The minimum Gasteiger partial charge on any atom is -0.0648 e. The monoisotopic (exact) mass is 392 g/mol. The molecule has 0 fully saturated rings. The average Bonchev–Trinajstić information content (AvgIpc) is 2.79. The molecule has 0 nitrogen and oxygen atoms in total. The van der Waals surface area contributed by atoms with Gasteiger partial charge < -0.3 is 0 Å². The van der Waals surface area contributed by atoms with Crippen LogP contribution in [0.15, 0.2) is 60.7 Å². The smallest absolute Gasteiger partial charge is 0.00233 e. The largest absolute Gasteiger partial charge is 0.0648 e. The van der Waals surface area contributed by atoms with Gasteiger partial charge in [-0.15, -0.1) is 0 Å². The van der Waals surface area contributed by atoms with Crippen LogP contribution in [0.1, 0.15) is 76.3 Å². The van der Waals surface area contributed by atoms with Crippen molar-refractivity contribution in [3.05, 3.63) is 71.8 Å². The van der Waals surface area contributed by atoms with Crippen LogP contribution in [0.3, 0.4) is 0 Å². The van der Waals surface area contributed by atoms with Crippen molar-refractivity contribution in [2.75, 3.05) is 0 Å². The number of rotatable bonds is 6. The molecule has 30 heavy (non-hydrogen) atoms. The summed E-state index contributed by atoms with van der Waals surface area (Å²) in [6.45, 7) is 9.44. The summed E-state index contributed by atoms with van der Waals surface area (Å²) in [5, 5.41) is 11.5. The maximum atomic E-state index is 2.54. The van der Waals surface area contributed by atoms with E-state index in [1.807, 2.05) is 0 Å². The van der Waals surface area contributed by atoms with Gasteiger partial charge in [0.1, 0.15) is 0 Å². The highest BCUT2D eigenvalue weighted by Crippen LogP contribution is 2.47. The summed E-state index contributed by atoms with van der Waals surface area (Å²) >= 11 is 0. The Morgan fingerprint density at radius 3 is 1.67 bits per heavy atom. The number of fused-ring (bicyclic) bond motifs is 2. The Balaban J connectivity index is 2.12. The van der Waals surface area contributed by atoms with E-state index in [2.05, 4.69) is 88.4 Å². The molecule has 0 unspecified atom stereocenters. The highest BCUT2D eigenvalue weighted by Gasteiger charge is 2.24. The first kappa shape index (κ1) is 19.4. The summed E-state index contributed by atoms with van der Waals surface area (Å²) in [5.74, 6) is 1.23. The molecule has 0 amide bonds. The fourth-order valence-electron chi connectivity index (χ4n) is 5.97. The predicted molar refractivity (Wildman–Crippen MR) is 134 cm³/mol. The first-order valence-electron chi connectivity index (χ1n) is 11.8. The van der Waals surface area contributed by atoms with Crippen molar-refractivity contribution >= 4 is 43.1 Å². The minimum atomic E-state index is 0.605. The lowest BCUT2D eigenvalue weighted by molar-refractivity contribution is 0.598. The topological polar surface area (TPSA) is 0 Å². The fourth-order valence-corrected chi connectivity index (χ4v) is 5.97. The van der Waals surface area contributed by atoms with Crippen molar-refractivity contribution < 1.29 is 0 Å². The third-order valence-electron chi connectivity index (χ3n) is 7.52. The average molecular weight is 393 g/mol. The molecule has 0 saturated carbocycles. The molecule has 0 atom stereocenters. The van der Waals surface area contributed by atoms with E-state index in [1.165, 1.54) is 68.8 Å². The van der Waals surface area contributed by atoms with E-state index in [-0.39, 0.29) is 0 Å². The molecule has 0 bridgehead atoms. The molecular weight excluding hydrogens is 360 g/mol. The molecule has 5 rings (SSSR count). The molecule has 0 heterocycles. The van der Waals surface area contributed by atoms with Gasteiger partial charge in [-0.2, -0.15) is 0 Å². The van der Waals surface area contributed by atoms with Crippen LogP contribution in [0, 0.1) is 0 Å². The van der Waals surface area contributed by atoms with Crippen molar-refractivity contribution in [3.63, 3.8) is 0 Å². The second kappa shape index (κ2) is 7.58. The summed E-state index contributed by atoms with van der Waals surface area (Å²) in [6, 6.07) is 23.2. The van der Waals surface area contributed by atoms with E-state index in [0.717, 1.165) is 0 Å². The van der Waals surface area contributed by atoms with E-state index < -0.39 is 0 Å². The third kappa shape index (κ3) is 2.66. The SMILES string of the molecule is CCC(CC)c1cc2cccc3c4cccc5cccc(c(c1C(CC)CC)c23)c54. The van der Waals surface area contributed by atoms with E-state index >= 15 is 0 Å². The lowest BCUT2D eigenvalue weighted by atomic mass is 9.76. The lowest BCUT2D eigenvalue weighted by Gasteiger charge is -2.27. The van der Waals surface area contributed by atoms with Crippen LogP contribution in [0.5, 0.6) is 0 Å². The maximum Gasteiger partial charge on any atom is -0.00233 e. The van der Waals surface area contributed by atoms with Crippen molar-refractivity contribution in [1.29, 1.82) is 0 Å². The zero-order chi connectivity index (χ0) is 20.8. The zero-order valence-corrected chi connectivity index (χ0v) is 18.8. The van der Waals surface area contributed by atoms with Crippen LogP contribution in [0.25, 0.3) is 43.1 Å². The van der Waals surface area contributed by atoms with Gasteiger partial charge in [0.05, 0.1) is 0 Å². The second-order valence-corrected chi connectivity index (χ2v) is 8.89. The van der Waals surface area contributed by atoms with Crippen LogP contribution in [-0.4, -0.2) is 0 Å². The molecule has 0 N–H and O–H groups in total. The van der Waals surface area contributed by atoms with Crippen molar-refractivity contribution in [1.82, 2.24) is 0 Å². The number of hydrogen-bond donors (Lipinski definition) is 0. The van der Waals surface area contributed by atoms with Crippen LogP contribution in [0.4, 0.5) is 0 Å². The molecule has 0 spiro atoms. The van der Waals surface area contributed by atoms with E-state index in [1.54, 1.807) is 11.1 Å². The molecule has 0 saturated heterocycles. The molecule has 152 valence electrons. The Bertz CT molecular complexity index is 1330. The lowest BCUT2D eigenvalue weighted by Crippen LogP contribution is -2.08. The van der Waals surface area contributed by atoms with E-state index in [4.69, 9.17) is 0 Å². The molecular formula is C30H32. The Labute approximate surface area is 180 Å². The molecule has 0 aliphatic carbocycles. The summed E-state index contributed by atoms with van der Waals surface area (Å²) in [6.07, 6.45) is 4.80. The van der Waals surface area contributed by atoms with Gasteiger partial charge >= 0.3 is 0 Å². The summed E-state index contributed by atoms with van der Waals surface area (Å²) in [7, 11) is 0. The molecule has 0 aliphatic heterocycles. The van der Waals surface area contributed by atoms with Crippen molar-refractivity contribution in [2.45, 2.75) is 65.2 Å². The van der Waals surface area contributed by atoms with Crippen LogP contribution >= 0.6 is 0 Å². The molecule has 5 aromatic carbocycles. The Kier molecular flexibility index (Phi) is 4.89. The third-order valence-corrected chi connectivity index (χ3v) is 7.52. The van der Waals surface area contributed by atoms with Crippen LogP contribution in [-0.2, 0) is 0 Å². The van der Waals surface area contributed by atoms with Crippen LogP contribution < -0.4 is 0 Å². The quantitative estimate of drug-likeness (QED) is 0.199. The minimum absolute atomic E-state index is 0.605. The van der Waals surface area contributed by atoms with Crippen molar-refractivity contribution in [3.8, 4) is 0 Å². The Hall–Kier alpha value is -2.60. The van der Waals surface area contributed by atoms with Gasteiger partial charge in [-0.25, -0.2) is 0 Å². The predicted octanol–water partition coefficient (Wildman–Crippen LogP) is 9.54. The molecule has 0 radical (unpaired) electrons. The van der Waals surface area contributed by atoms with Gasteiger partial charge in [0.15, 0.2) is 0 Å². The van der Waals surface area contributed by atoms with E-state index in [0.29, 0.717) is 11.8 Å². The standard InChI is InChI=1S/C30H32/c1-5-19(6-2)26-18-22-14-11-16-24-23-15-9-12-21-13-10-17-25(27(21)23)30(29(22)24)28(26)20(7-3)8-4/h9-20H,5-8H2,1-4H3. The first-order chi connectivity index (χ1) is 14.7. The summed E-state index contributed by atoms with van der Waals surface area (Å²) in [4.78, 5) is 0. The number of hydrogen-bond acceptors (Lipinski definition) is 0. The molecule has 0 aromatic heterocycles. The normalized spacial score (nSPS) is 12.5.